The first-order valence-corrected chi connectivity index (χ1v) is 8.70. The van der Waals surface area contributed by atoms with Crippen molar-refractivity contribution in [2.45, 2.75) is 4.90 Å². The molecule has 0 aliphatic carbocycles. The van der Waals surface area contributed by atoms with Crippen LogP contribution in [0, 0.1) is 5.82 Å². The van der Waals surface area contributed by atoms with Gasteiger partial charge in [0.1, 0.15) is 5.82 Å². The van der Waals surface area contributed by atoms with Crippen LogP contribution in [0.15, 0.2) is 41.3 Å². The molecular weight excluding hydrogens is 343 g/mol. The number of benzene rings is 2. The number of rotatable bonds is 3. The smallest absolute Gasteiger partial charge is 0.258 e. The van der Waals surface area contributed by atoms with Crippen LogP contribution in [0.4, 0.5) is 9.52 Å². The van der Waals surface area contributed by atoms with Crippen LogP contribution in [-0.2, 0) is 0 Å². The van der Waals surface area contributed by atoms with E-state index in [1.165, 1.54) is 23.5 Å². The molecule has 22 heavy (non-hydrogen) atoms. The van der Waals surface area contributed by atoms with Gasteiger partial charge in [-0.05, 0) is 36.6 Å². The predicted octanol–water partition coefficient (Wildman–Crippen LogP) is 5.06. The van der Waals surface area contributed by atoms with Gasteiger partial charge in [-0.2, -0.15) is 0 Å². The van der Waals surface area contributed by atoms with E-state index in [4.69, 9.17) is 11.6 Å². The molecule has 3 nitrogen and oxygen atoms in total. The maximum Gasteiger partial charge on any atom is 0.258 e. The van der Waals surface area contributed by atoms with Crippen molar-refractivity contribution in [2.24, 2.45) is 0 Å². The van der Waals surface area contributed by atoms with Crippen molar-refractivity contribution in [1.29, 1.82) is 0 Å². The van der Waals surface area contributed by atoms with Gasteiger partial charge >= 0.3 is 0 Å². The van der Waals surface area contributed by atoms with E-state index in [9.17, 15) is 9.18 Å². The number of amides is 1. The summed E-state index contributed by atoms with van der Waals surface area (Å²) in [6, 6.07) is 9.55. The van der Waals surface area contributed by atoms with Crippen LogP contribution in [-0.4, -0.2) is 17.1 Å². The second kappa shape index (κ2) is 6.24. The first-order valence-electron chi connectivity index (χ1n) is 6.28. The average Bonchev–Trinajstić information content (AvgIpc) is 2.89. The number of aromatic nitrogens is 1. The standard InChI is InChI=1S/C15H10ClFN2OS2/c1-21-11-3-2-4-12-13(11)18-15(22-12)19-14(20)9-6-5-8(17)7-10(9)16/h2-7H,1H3,(H,18,19,20). The molecule has 1 amide bonds. The molecule has 1 aromatic heterocycles. The van der Waals surface area contributed by atoms with Crippen LogP contribution >= 0.6 is 34.7 Å². The Morgan fingerprint density at radius 3 is 2.91 bits per heavy atom. The molecule has 1 heterocycles. The number of hydrogen-bond acceptors (Lipinski definition) is 4. The Morgan fingerprint density at radius 1 is 1.36 bits per heavy atom. The quantitative estimate of drug-likeness (QED) is 0.670. The summed E-state index contributed by atoms with van der Waals surface area (Å²) in [5.74, 6) is -0.888. The van der Waals surface area contributed by atoms with Crippen molar-refractivity contribution in [1.82, 2.24) is 4.98 Å². The number of para-hydroxylation sites is 1. The number of thiazole rings is 1. The van der Waals surface area contributed by atoms with Gasteiger partial charge in [0, 0.05) is 4.90 Å². The lowest BCUT2D eigenvalue weighted by Gasteiger charge is -2.03. The summed E-state index contributed by atoms with van der Waals surface area (Å²) in [5, 5.41) is 3.27. The molecule has 0 saturated carbocycles. The van der Waals surface area contributed by atoms with Crippen molar-refractivity contribution in [2.75, 3.05) is 11.6 Å². The van der Waals surface area contributed by atoms with Crippen LogP contribution in [0.3, 0.4) is 0 Å². The molecule has 0 radical (unpaired) electrons. The summed E-state index contributed by atoms with van der Waals surface area (Å²) in [6.07, 6.45) is 1.98. The van der Waals surface area contributed by atoms with Gasteiger partial charge < -0.3 is 0 Å². The molecular formula is C15H10ClFN2OS2. The number of thioether (sulfide) groups is 1. The van der Waals surface area contributed by atoms with Gasteiger partial charge in [-0.15, -0.1) is 11.8 Å². The Labute approximate surface area is 139 Å². The number of fused-ring (bicyclic) bond motifs is 1. The van der Waals surface area contributed by atoms with Crippen LogP contribution in [0.2, 0.25) is 5.02 Å². The maximum absolute atomic E-state index is 13.0. The number of nitrogens with zero attached hydrogens (tertiary/aromatic N) is 1. The molecule has 112 valence electrons. The lowest BCUT2D eigenvalue weighted by atomic mass is 10.2. The fraction of sp³-hybridized carbons (Fsp3) is 0.0667. The number of hydrogen-bond donors (Lipinski definition) is 1. The molecule has 0 aliphatic rings. The summed E-state index contributed by atoms with van der Waals surface area (Å²) in [4.78, 5) is 17.7. The number of nitrogens with one attached hydrogen (secondary N) is 1. The summed E-state index contributed by atoms with van der Waals surface area (Å²) in [7, 11) is 0. The molecule has 0 bridgehead atoms. The Morgan fingerprint density at radius 2 is 2.18 bits per heavy atom. The van der Waals surface area contributed by atoms with Gasteiger partial charge in [-0.25, -0.2) is 9.37 Å². The summed E-state index contributed by atoms with van der Waals surface area (Å²) >= 11 is 8.88. The minimum absolute atomic E-state index is 0.0726. The van der Waals surface area contributed by atoms with E-state index in [2.05, 4.69) is 10.3 Å². The molecule has 0 unspecified atom stereocenters. The Bertz CT molecular complexity index is 866. The number of halogens is 2. The van der Waals surface area contributed by atoms with Gasteiger partial charge in [-0.3, -0.25) is 10.1 Å². The van der Waals surface area contributed by atoms with Gasteiger partial charge in [-0.1, -0.05) is 29.0 Å². The third-order valence-electron chi connectivity index (χ3n) is 3.00. The monoisotopic (exact) mass is 352 g/mol. The minimum Gasteiger partial charge on any atom is -0.298 e. The normalized spacial score (nSPS) is 10.9. The van der Waals surface area contributed by atoms with Crippen molar-refractivity contribution < 1.29 is 9.18 Å². The van der Waals surface area contributed by atoms with Crippen molar-refractivity contribution in [3.05, 3.63) is 52.8 Å². The molecule has 2 aromatic carbocycles. The molecule has 3 aromatic rings. The molecule has 0 saturated heterocycles. The average molecular weight is 353 g/mol. The summed E-state index contributed by atoms with van der Waals surface area (Å²) in [6.45, 7) is 0. The number of anilines is 1. The Balaban J connectivity index is 1.91. The molecule has 0 fully saturated rings. The molecule has 1 N–H and O–H groups in total. The second-order valence-electron chi connectivity index (χ2n) is 4.40. The highest BCUT2D eigenvalue weighted by molar-refractivity contribution is 7.98. The number of carbonyl (C=O) groups excluding carboxylic acids is 1. The highest BCUT2D eigenvalue weighted by Crippen LogP contribution is 2.32. The Kier molecular flexibility index (Phi) is 4.33. The van der Waals surface area contributed by atoms with Crippen molar-refractivity contribution in [3.8, 4) is 0 Å². The summed E-state index contributed by atoms with van der Waals surface area (Å²) < 4.78 is 14.0. The van der Waals surface area contributed by atoms with Gasteiger partial charge in [0.05, 0.1) is 20.8 Å². The Hall–Kier alpha value is -1.63. The van der Waals surface area contributed by atoms with Crippen LogP contribution in [0.5, 0.6) is 0 Å². The van der Waals surface area contributed by atoms with Gasteiger partial charge in [0.15, 0.2) is 5.13 Å². The van der Waals surface area contributed by atoms with E-state index < -0.39 is 11.7 Å². The van der Waals surface area contributed by atoms with E-state index in [1.54, 1.807) is 11.8 Å². The molecule has 7 heteroatoms. The van der Waals surface area contributed by atoms with E-state index >= 15 is 0 Å². The molecule has 3 rings (SSSR count). The molecule has 0 atom stereocenters. The highest BCUT2D eigenvalue weighted by Gasteiger charge is 2.14. The zero-order chi connectivity index (χ0) is 15.7. The zero-order valence-corrected chi connectivity index (χ0v) is 13.8. The third-order valence-corrected chi connectivity index (χ3v) is 5.02. The molecule has 0 aliphatic heterocycles. The largest absolute Gasteiger partial charge is 0.298 e. The molecule has 0 spiro atoms. The van der Waals surface area contributed by atoms with Crippen LogP contribution in [0.25, 0.3) is 10.2 Å². The second-order valence-corrected chi connectivity index (χ2v) is 6.69. The fourth-order valence-electron chi connectivity index (χ4n) is 1.98. The third kappa shape index (κ3) is 2.95. The zero-order valence-electron chi connectivity index (χ0n) is 11.4. The summed E-state index contributed by atoms with van der Waals surface area (Å²) in [5.41, 5.74) is 1.08. The van der Waals surface area contributed by atoms with Crippen molar-refractivity contribution >= 4 is 56.0 Å². The van der Waals surface area contributed by atoms with E-state index in [0.29, 0.717) is 5.13 Å². The lowest BCUT2D eigenvalue weighted by Crippen LogP contribution is -2.12. The highest BCUT2D eigenvalue weighted by atomic mass is 35.5. The topological polar surface area (TPSA) is 42.0 Å². The predicted molar refractivity (Wildman–Crippen MR) is 90.8 cm³/mol. The van der Waals surface area contributed by atoms with E-state index in [0.717, 1.165) is 21.2 Å². The van der Waals surface area contributed by atoms with Crippen molar-refractivity contribution in [3.63, 3.8) is 0 Å². The SMILES string of the molecule is CSc1cccc2sc(NC(=O)c3ccc(F)cc3Cl)nc12. The number of carbonyl (C=O) groups is 1. The van der Waals surface area contributed by atoms with Crippen LogP contribution < -0.4 is 5.32 Å². The first-order chi connectivity index (χ1) is 10.6. The first kappa shape index (κ1) is 15.3. The van der Waals surface area contributed by atoms with Gasteiger partial charge in [0.25, 0.3) is 5.91 Å². The van der Waals surface area contributed by atoms with Gasteiger partial charge in [0.2, 0.25) is 0 Å². The minimum atomic E-state index is -0.480. The lowest BCUT2D eigenvalue weighted by molar-refractivity contribution is 0.102. The van der Waals surface area contributed by atoms with E-state index in [1.807, 2.05) is 24.5 Å². The maximum atomic E-state index is 13.0. The van der Waals surface area contributed by atoms with E-state index in [-0.39, 0.29) is 10.6 Å². The van der Waals surface area contributed by atoms with Crippen LogP contribution in [0.1, 0.15) is 10.4 Å². The fourth-order valence-corrected chi connectivity index (χ4v) is 3.75.